The SMILES string of the molecule is Cn1cccc1C(=O)N1CCC[C@@H]1CO. The van der Waals surface area contributed by atoms with Crippen LogP contribution in [-0.2, 0) is 7.05 Å². The fourth-order valence-corrected chi connectivity index (χ4v) is 2.12. The van der Waals surface area contributed by atoms with Crippen molar-refractivity contribution in [3.05, 3.63) is 24.0 Å². The van der Waals surface area contributed by atoms with Crippen molar-refractivity contribution in [1.82, 2.24) is 9.47 Å². The van der Waals surface area contributed by atoms with Gasteiger partial charge in [-0.25, -0.2) is 0 Å². The first-order valence-corrected chi connectivity index (χ1v) is 5.27. The lowest BCUT2D eigenvalue weighted by Crippen LogP contribution is -2.38. The number of carbonyl (C=O) groups is 1. The van der Waals surface area contributed by atoms with E-state index in [4.69, 9.17) is 5.11 Å². The molecule has 1 aromatic rings. The zero-order valence-corrected chi connectivity index (χ0v) is 8.89. The number of aromatic nitrogens is 1. The highest BCUT2D eigenvalue weighted by molar-refractivity contribution is 5.93. The molecule has 0 radical (unpaired) electrons. The molecule has 1 aromatic heterocycles. The molecule has 1 amide bonds. The summed E-state index contributed by atoms with van der Waals surface area (Å²) in [6.45, 7) is 0.825. The van der Waals surface area contributed by atoms with E-state index in [0.29, 0.717) is 5.69 Å². The Bertz CT molecular complexity index is 359. The van der Waals surface area contributed by atoms with E-state index in [9.17, 15) is 4.79 Å². The first-order chi connectivity index (χ1) is 7.24. The normalized spacial score (nSPS) is 20.9. The van der Waals surface area contributed by atoms with Crippen molar-refractivity contribution in [3.63, 3.8) is 0 Å². The summed E-state index contributed by atoms with van der Waals surface area (Å²) in [5, 5.41) is 9.15. The molecule has 82 valence electrons. The largest absolute Gasteiger partial charge is 0.394 e. The van der Waals surface area contributed by atoms with Crippen molar-refractivity contribution in [2.45, 2.75) is 18.9 Å². The fraction of sp³-hybridized carbons (Fsp3) is 0.545. The van der Waals surface area contributed by atoms with Crippen LogP contribution in [0.1, 0.15) is 23.3 Å². The highest BCUT2D eigenvalue weighted by atomic mass is 16.3. The van der Waals surface area contributed by atoms with Gasteiger partial charge < -0.3 is 14.6 Å². The van der Waals surface area contributed by atoms with E-state index in [1.165, 1.54) is 0 Å². The second-order valence-corrected chi connectivity index (χ2v) is 3.98. The highest BCUT2D eigenvalue weighted by Crippen LogP contribution is 2.19. The molecule has 4 heteroatoms. The van der Waals surface area contributed by atoms with Crippen LogP contribution < -0.4 is 0 Å². The molecule has 0 aliphatic carbocycles. The van der Waals surface area contributed by atoms with E-state index in [-0.39, 0.29) is 18.6 Å². The highest BCUT2D eigenvalue weighted by Gasteiger charge is 2.29. The third-order valence-electron chi connectivity index (χ3n) is 3.01. The number of amides is 1. The van der Waals surface area contributed by atoms with Gasteiger partial charge in [-0.2, -0.15) is 0 Å². The Morgan fingerprint density at radius 3 is 3.07 bits per heavy atom. The molecular weight excluding hydrogens is 192 g/mol. The van der Waals surface area contributed by atoms with Crippen molar-refractivity contribution < 1.29 is 9.90 Å². The molecule has 1 N–H and O–H groups in total. The van der Waals surface area contributed by atoms with E-state index in [1.54, 1.807) is 4.90 Å². The molecule has 1 aliphatic rings. The standard InChI is InChI=1S/C11H16N2O2/c1-12-6-3-5-10(12)11(15)13-7-2-4-9(13)8-14/h3,5-6,9,14H,2,4,7-8H2,1H3/t9-/m1/s1. The average molecular weight is 208 g/mol. The fourth-order valence-electron chi connectivity index (χ4n) is 2.12. The number of nitrogens with zero attached hydrogens (tertiary/aromatic N) is 2. The molecule has 0 saturated carbocycles. The number of hydrogen-bond acceptors (Lipinski definition) is 2. The number of aliphatic hydroxyl groups excluding tert-OH is 1. The summed E-state index contributed by atoms with van der Waals surface area (Å²) in [4.78, 5) is 13.9. The molecule has 15 heavy (non-hydrogen) atoms. The van der Waals surface area contributed by atoms with Crippen LogP contribution in [0.25, 0.3) is 0 Å². The molecule has 1 atom stereocenters. The Morgan fingerprint density at radius 2 is 2.47 bits per heavy atom. The summed E-state index contributed by atoms with van der Waals surface area (Å²) in [5.41, 5.74) is 0.690. The maximum atomic E-state index is 12.1. The number of carbonyl (C=O) groups excluding carboxylic acids is 1. The molecule has 0 unspecified atom stereocenters. The summed E-state index contributed by atoms with van der Waals surface area (Å²) in [5.74, 6) is 0.0269. The molecule has 2 heterocycles. The number of likely N-dealkylation sites (tertiary alicyclic amines) is 1. The Morgan fingerprint density at radius 1 is 1.67 bits per heavy atom. The van der Waals surface area contributed by atoms with Gasteiger partial charge in [-0.05, 0) is 25.0 Å². The first-order valence-electron chi connectivity index (χ1n) is 5.27. The molecule has 1 fully saturated rings. The minimum Gasteiger partial charge on any atom is -0.394 e. The van der Waals surface area contributed by atoms with E-state index < -0.39 is 0 Å². The van der Waals surface area contributed by atoms with Gasteiger partial charge in [0.15, 0.2) is 0 Å². The third-order valence-corrected chi connectivity index (χ3v) is 3.01. The topological polar surface area (TPSA) is 45.5 Å². The number of aryl methyl sites for hydroxylation is 1. The zero-order valence-electron chi connectivity index (χ0n) is 8.89. The quantitative estimate of drug-likeness (QED) is 0.774. The van der Waals surface area contributed by atoms with Gasteiger partial charge in [0.25, 0.3) is 5.91 Å². The molecule has 1 saturated heterocycles. The van der Waals surface area contributed by atoms with Gasteiger partial charge in [0.2, 0.25) is 0 Å². The van der Waals surface area contributed by atoms with E-state index in [1.807, 2.05) is 29.9 Å². The van der Waals surface area contributed by atoms with E-state index in [2.05, 4.69) is 0 Å². The van der Waals surface area contributed by atoms with Crippen LogP contribution in [0, 0.1) is 0 Å². The second-order valence-electron chi connectivity index (χ2n) is 3.98. The van der Waals surface area contributed by atoms with Gasteiger partial charge in [0.05, 0.1) is 12.6 Å². The number of hydrogen-bond donors (Lipinski definition) is 1. The van der Waals surface area contributed by atoms with Crippen LogP contribution in [0.4, 0.5) is 0 Å². The maximum Gasteiger partial charge on any atom is 0.270 e. The van der Waals surface area contributed by atoms with Crippen LogP contribution in [0.5, 0.6) is 0 Å². The lowest BCUT2D eigenvalue weighted by molar-refractivity contribution is 0.0668. The summed E-state index contributed by atoms with van der Waals surface area (Å²) in [6.07, 6.45) is 3.76. The van der Waals surface area contributed by atoms with Gasteiger partial charge in [-0.15, -0.1) is 0 Å². The molecule has 1 aliphatic heterocycles. The van der Waals surface area contributed by atoms with Crippen LogP contribution in [-0.4, -0.2) is 39.7 Å². The maximum absolute atomic E-state index is 12.1. The van der Waals surface area contributed by atoms with Gasteiger partial charge in [0.1, 0.15) is 5.69 Å². The molecular formula is C11H16N2O2. The van der Waals surface area contributed by atoms with Crippen LogP contribution in [0.3, 0.4) is 0 Å². The predicted octanol–water partition coefficient (Wildman–Crippen LogP) is 0.622. The molecule has 0 aromatic carbocycles. The lowest BCUT2D eigenvalue weighted by Gasteiger charge is -2.23. The summed E-state index contributed by atoms with van der Waals surface area (Å²) in [7, 11) is 1.86. The van der Waals surface area contributed by atoms with Crippen LogP contribution in [0.2, 0.25) is 0 Å². The Labute approximate surface area is 89.1 Å². The zero-order chi connectivity index (χ0) is 10.8. The van der Waals surface area contributed by atoms with E-state index in [0.717, 1.165) is 19.4 Å². The second kappa shape index (κ2) is 4.06. The van der Waals surface area contributed by atoms with Crippen molar-refractivity contribution >= 4 is 5.91 Å². The van der Waals surface area contributed by atoms with Crippen LogP contribution in [0.15, 0.2) is 18.3 Å². The molecule has 0 spiro atoms. The smallest absolute Gasteiger partial charge is 0.270 e. The summed E-state index contributed by atoms with van der Waals surface area (Å²) >= 11 is 0. The molecule has 4 nitrogen and oxygen atoms in total. The minimum absolute atomic E-state index is 0.00685. The van der Waals surface area contributed by atoms with Crippen LogP contribution >= 0.6 is 0 Å². The van der Waals surface area contributed by atoms with Gasteiger partial charge >= 0.3 is 0 Å². The van der Waals surface area contributed by atoms with Gasteiger partial charge in [-0.3, -0.25) is 4.79 Å². The van der Waals surface area contributed by atoms with Crippen molar-refractivity contribution in [1.29, 1.82) is 0 Å². The van der Waals surface area contributed by atoms with Crippen molar-refractivity contribution in [2.24, 2.45) is 7.05 Å². The Balaban J connectivity index is 2.18. The number of rotatable bonds is 2. The lowest BCUT2D eigenvalue weighted by atomic mass is 10.2. The Kier molecular flexibility index (Phi) is 2.77. The number of aliphatic hydroxyl groups is 1. The summed E-state index contributed by atoms with van der Waals surface area (Å²) in [6, 6.07) is 3.68. The molecule has 2 rings (SSSR count). The van der Waals surface area contributed by atoms with Crippen molar-refractivity contribution in [3.8, 4) is 0 Å². The summed E-state index contributed by atoms with van der Waals surface area (Å²) < 4.78 is 1.81. The average Bonchev–Trinajstić information content (AvgIpc) is 2.84. The van der Waals surface area contributed by atoms with E-state index >= 15 is 0 Å². The third kappa shape index (κ3) is 1.77. The van der Waals surface area contributed by atoms with Gasteiger partial charge in [0, 0.05) is 19.8 Å². The predicted molar refractivity (Wildman–Crippen MR) is 56.6 cm³/mol. The minimum atomic E-state index is 0.00685. The van der Waals surface area contributed by atoms with Gasteiger partial charge in [-0.1, -0.05) is 0 Å². The Hall–Kier alpha value is -1.29. The monoisotopic (exact) mass is 208 g/mol. The molecule has 0 bridgehead atoms. The first kappa shape index (κ1) is 10.2. The van der Waals surface area contributed by atoms with Crippen molar-refractivity contribution in [2.75, 3.05) is 13.2 Å².